The van der Waals surface area contributed by atoms with Gasteiger partial charge in [-0.1, -0.05) is 318 Å². The van der Waals surface area contributed by atoms with E-state index in [1.165, 1.54) is 180 Å². The van der Waals surface area contributed by atoms with Crippen LogP contribution in [0.15, 0.2) is 0 Å². The number of hydrogen-bond acceptors (Lipinski definition) is 15. The maximum Gasteiger partial charge on any atom is 0.472 e. The Morgan fingerprint density at radius 2 is 0.554 bits per heavy atom. The Bertz CT molecular complexity index is 1810. The molecule has 0 saturated carbocycles. The second-order valence-electron chi connectivity index (χ2n) is 27.3. The predicted octanol–water partition coefficient (Wildman–Crippen LogP) is 21.0. The summed E-state index contributed by atoms with van der Waals surface area (Å²) in [5, 5.41) is 10.6. The number of carbonyl (C=O) groups is 4. The number of aliphatic hydroxyl groups excluding tert-OH is 1. The lowest BCUT2D eigenvalue weighted by molar-refractivity contribution is -0.161. The molecule has 7 atom stereocenters. The van der Waals surface area contributed by atoms with Gasteiger partial charge in [-0.05, 0) is 43.4 Å². The van der Waals surface area contributed by atoms with Gasteiger partial charge < -0.3 is 33.8 Å². The van der Waals surface area contributed by atoms with Crippen LogP contribution in [0.4, 0.5) is 0 Å². The minimum absolute atomic E-state index is 0.105. The molecule has 0 radical (unpaired) electrons. The average Bonchev–Trinajstić information content (AvgIpc) is 2.78. The first-order valence-corrected chi connectivity index (χ1v) is 40.9. The van der Waals surface area contributed by atoms with Crippen LogP contribution in [0.2, 0.25) is 0 Å². The van der Waals surface area contributed by atoms with E-state index in [2.05, 4.69) is 48.5 Å². The standard InChI is InChI=1S/C73H142O17P2/c1-8-11-12-13-14-15-18-25-33-40-47-54-70(75)83-61-69(90-73(78)57-50-43-36-29-28-32-39-46-53-66(7)10-3)63-88-92(81,82)86-59-67(74)58-85-91(79,80)87-62-68(60-84-71(76)55-48-41-34-26-22-21-24-31-38-45-52-65(6)9-2)89-72(77)56-49-42-35-27-20-17-16-19-23-30-37-44-51-64(4)5/h64-69,74H,8-63H2,1-7H3,(H,79,80)(H,81,82)/t65?,66?,67-,68-,69-/m1/s1. The van der Waals surface area contributed by atoms with Gasteiger partial charge in [0.15, 0.2) is 12.2 Å². The third-order valence-electron chi connectivity index (χ3n) is 17.6. The quantitative estimate of drug-likeness (QED) is 0.0222. The first kappa shape index (κ1) is 90.1. The van der Waals surface area contributed by atoms with E-state index in [1.807, 2.05) is 0 Å². The Labute approximate surface area is 562 Å². The van der Waals surface area contributed by atoms with Crippen molar-refractivity contribution in [3.8, 4) is 0 Å². The summed E-state index contributed by atoms with van der Waals surface area (Å²) in [4.78, 5) is 72.7. The van der Waals surface area contributed by atoms with Crippen molar-refractivity contribution in [3.63, 3.8) is 0 Å². The van der Waals surface area contributed by atoms with Crippen molar-refractivity contribution >= 4 is 39.5 Å². The third-order valence-corrected chi connectivity index (χ3v) is 19.5. The number of carbonyl (C=O) groups excluding carboxylic acids is 4. The van der Waals surface area contributed by atoms with Gasteiger partial charge in [0, 0.05) is 25.7 Å². The molecule has 0 saturated heterocycles. The number of phosphoric acid groups is 2. The van der Waals surface area contributed by atoms with Gasteiger partial charge in [0.05, 0.1) is 26.4 Å². The first-order valence-electron chi connectivity index (χ1n) is 37.9. The second kappa shape index (κ2) is 63.8. The van der Waals surface area contributed by atoms with E-state index in [4.69, 9.17) is 37.0 Å². The number of esters is 4. The molecule has 0 spiro atoms. The maximum absolute atomic E-state index is 13.1. The molecule has 0 aliphatic heterocycles. The zero-order valence-electron chi connectivity index (χ0n) is 60.0. The van der Waals surface area contributed by atoms with E-state index >= 15 is 0 Å². The van der Waals surface area contributed by atoms with Crippen molar-refractivity contribution in [1.29, 1.82) is 0 Å². The highest BCUT2D eigenvalue weighted by Crippen LogP contribution is 2.45. The summed E-state index contributed by atoms with van der Waals surface area (Å²) in [6, 6.07) is 0. The monoisotopic (exact) mass is 1350 g/mol. The van der Waals surface area contributed by atoms with E-state index in [1.54, 1.807) is 0 Å². The number of hydrogen-bond donors (Lipinski definition) is 3. The molecule has 546 valence electrons. The Balaban J connectivity index is 5.27. The first-order chi connectivity index (χ1) is 44.3. The normalized spacial score (nSPS) is 14.7. The van der Waals surface area contributed by atoms with Crippen molar-refractivity contribution in [2.75, 3.05) is 39.6 Å². The van der Waals surface area contributed by atoms with Crippen LogP contribution in [-0.4, -0.2) is 96.7 Å². The highest BCUT2D eigenvalue weighted by Gasteiger charge is 2.30. The molecule has 0 bridgehead atoms. The molecule has 4 unspecified atom stereocenters. The van der Waals surface area contributed by atoms with Crippen LogP contribution in [0.3, 0.4) is 0 Å². The zero-order chi connectivity index (χ0) is 68.0. The van der Waals surface area contributed by atoms with Gasteiger partial charge in [0.25, 0.3) is 0 Å². The van der Waals surface area contributed by atoms with Crippen molar-refractivity contribution in [2.45, 2.75) is 388 Å². The summed E-state index contributed by atoms with van der Waals surface area (Å²) in [5.74, 6) is 0.234. The Kier molecular flexibility index (Phi) is 62.4. The molecule has 0 amide bonds. The van der Waals surface area contributed by atoms with Gasteiger partial charge in [-0.2, -0.15) is 0 Å². The van der Waals surface area contributed by atoms with E-state index in [9.17, 15) is 43.2 Å². The van der Waals surface area contributed by atoms with Gasteiger partial charge in [-0.15, -0.1) is 0 Å². The lowest BCUT2D eigenvalue weighted by Gasteiger charge is -2.21. The molecular formula is C73H142O17P2. The molecule has 0 aromatic heterocycles. The minimum Gasteiger partial charge on any atom is -0.462 e. The van der Waals surface area contributed by atoms with Crippen LogP contribution in [0, 0.1) is 17.8 Å². The second-order valence-corrected chi connectivity index (χ2v) is 30.2. The van der Waals surface area contributed by atoms with Crippen molar-refractivity contribution in [2.24, 2.45) is 17.8 Å². The minimum atomic E-state index is -4.96. The lowest BCUT2D eigenvalue weighted by atomic mass is 9.99. The van der Waals surface area contributed by atoms with Crippen LogP contribution < -0.4 is 0 Å². The lowest BCUT2D eigenvalue weighted by Crippen LogP contribution is -2.30. The van der Waals surface area contributed by atoms with Gasteiger partial charge in [-0.3, -0.25) is 37.3 Å². The molecule has 19 heteroatoms. The van der Waals surface area contributed by atoms with Crippen LogP contribution in [0.25, 0.3) is 0 Å². The fraction of sp³-hybridized carbons (Fsp3) is 0.945. The molecule has 0 fully saturated rings. The van der Waals surface area contributed by atoms with Gasteiger partial charge in [0.1, 0.15) is 19.3 Å². The average molecular weight is 1350 g/mol. The van der Waals surface area contributed by atoms with Gasteiger partial charge >= 0.3 is 39.5 Å². The van der Waals surface area contributed by atoms with Gasteiger partial charge in [-0.25, -0.2) is 9.13 Å². The molecule has 92 heavy (non-hydrogen) atoms. The number of rotatable bonds is 71. The summed E-state index contributed by atoms with van der Waals surface area (Å²) in [6.45, 7) is 11.9. The predicted molar refractivity (Wildman–Crippen MR) is 372 cm³/mol. The fourth-order valence-corrected chi connectivity index (χ4v) is 12.6. The molecule has 0 heterocycles. The van der Waals surface area contributed by atoms with E-state index in [0.29, 0.717) is 25.7 Å². The largest absolute Gasteiger partial charge is 0.472 e. The van der Waals surface area contributed by atoms with Crippen molar-refractivity contribution in [3.05, 3.63) is 0 Å². The van der Waals surface area contributed by atoms with E-state index in [0.717, 1.165) is 108 Å². The summed E-state index contributed by atoms with van der Waals surface area (Å²) in [6.07, 6.45) is 48.3. The summed E-state index contributed by atoms with van der Waals surface area (Å²) in [5.41, 5.74) is 0. The van der Waals surface area contributed by atoms with Gasteiger partial charge in [0.2, 0.25) is 0 Å². The maximum atomic E-state index is 13.1. The molecule has 0 aromatic rings. The Morgan fingerprint density at radius 3 is 0.826 bits per heavy atom. The Morgan fingerprint density at radius 1 is 0.315 bits per heavy atom. The fourth-order valence-electron chi connectivity index (χ4n) is 11.0. The Hall–Kier alpha value is -1.94. The topological polar surface area (TPSA) is 237 Å². The van der Waals surface area contributed by atoms with Crippen LogP contribution in [0.1, 0.15) is 370 Å². The molecule has 0 rings (SSSR count). The third kappa shape index (κ3) is 64.1. The summed E-state index contributed by atoms with van der Waals surface area (Å²) in [7, 11) is -9.91. The van der Waals surface area contributed by atoms with E-state index in [-0.39, 0.29) is 25.7 Å². The number of unbranched alkanes of at least 4 members (excludes halogenated alkanes) is 37. The summed E-state index contributed by atoms with van der Waals surface area (Å²) >= 11 is 0. The molecule has 0 aliphatic carbocycles. The number of aliphatic hydroxyl groups is 1. The molecule has 3 N–H and O–H groups in total. The highest BCUT2D eigenvalue weighted by molar-refractivity contribution is 7.47. The van der Waals surface area contributed by atoms with Crippen molar-refractivity contribution in [1.82, 2.24) is 0 Å². The van der Waals surface area contributed by atoms with Crippen LogP contribution >= 0.6 is 15.6 Å². The highest BCUT2D eigenvalue weighted by atomic mass is 31.2. The number of phosphoric ester groups is 2. The molecule has 17 nitrogen and oxygen atoms in total. The molecule has 0 aliphatic rings. The SMILES string of the molecule is CCCCCCCCCCCCCC(=O)OC[C@H](COP(=O)(O)OC[C@H](O)COP(=O)(O)OC[C@@H](COC(=O)CCCCCCCCCCCCC(C)CC)OC(=O)CCCCCCCCCCCCCCC(C)C)OC(=O)CCCCCCCCCCC(C)CC. The molecule has 0 aromatic carbocycles. The zero-order valence-corrected chi connectivity index (χ0v) is 61.8. The van der Waals surface area contributed by atoms with Crippen LogP contribution in [0.5, 0.6) is 0 Å². The van der Waals surface area contributed by atoms with E-state index < -0.39 is 97.5 Å². The number of ether oxygens (including phenoxy) is 4. The van der Waals surface area contributed by atoms with Crippen molar-refractivity contribution < 1.29 is 80.2 Å². The summed E-state index contributed by atoms with van der Waals surface area (Å²) < 4.78 is 68.4. The smallest absolute Gasteiger partial charge is 0.462 e. The molecular weight excluding hydrogens is 1210 g/mol. The van der Waals surface area contributed by atoms with Crippen LogP contribution in [-0.2, 0) is 65.4 Å².